The molecule has 89 valence electrons. The van der Waals surface area contributed by atoms with Gasteiger partial charge in [0, 0.05) is 32.7 Å². The summed E-state index contributed by atoms with van der Waals surface area (Å²) in [5, 5.41) is 0. The average Bonchev–Trinajstić information content (AvgIpc) is 2.02. The largest absolute Gasteiger partial charge is 0.343 e. The van der Waals surface area contributed by atoms with Gasteiger partial charge in [-0.3, -0.25) is 0 Å². The molecule has 0 rings (SSSR count). The Balaban J connectivity index is 0. The van der Waals surface area contributed by atoms with Crippen molar-refractivity contribution >= 4 is 0 Å². The number of rotatable bonds is 7. The zero-order valence-corrected chi connectivity index (χ0v) is 14.0. The third kappa shape index (κ3) is 8.87. The fourth-order valence-corrected chi connectivity index (χ4v) is 2.53. The predicted molar refractivity (Wildman–Crippen MR) is 65.9 cm³/mol. The van der Waals surface area contributed by atoms with E-state index in [1.165, 1.54) is 25.7 Å². The summed E-state index contributed by atoms with van der Waals surface area (Å²) in [6, 6.07) is 0. The van der Waals surface area contributed by atoms with Crippen LogP contribution in [0.5, 0.6) is 0 Å². The van der Waals surface area contributed by atoms with Gasteiger partial charge in [-0.25, -0.2) is 0 Å². The van der Waals surface area contributed by atoms with Crippen LogP contribution in [0.3, 0.4) is 0 Å². The smallest absolute Gasteiger partial charge is 0 e. The predicted octanol–water partition coefficient (Wildman–Crippen LogP) is 4.90. The van der Waals surface area contributed by atoms with Crippen LogP contribution in [-0.4, -0.2) is 0 Å². The Kier molecular flexibility index (Phi) is 11.3. The molecule has 0 heterocycles. The van der Waals surface area contributed by atoms with Crippen LogP contribution in [0.15, 0.2) is 0 Å². The van der Waals surface area contributed by atoms with Crippen molar-refractivity contribution in [3.8, 4) is 0 Å². The Labute approximate surface area is 123 Å². The van der Waals surface area contributed by atoms with E-state index in [9.17, 15) is 0 Å². The first-order chi connectivity index (χ1) is 6.43. The summed E-state index contributed by atoms with van der Waals surface area (Å²) in [5.74, 6) is 1.48. The molecule has 2 atom stereocenters. The van der Waals surface area contributed by atoms with Gasteiger partial charge in [0.25, 0.3) is 0 Å². The maximum atomic E-state index is 4.46. The molecule has 1 radical (unpaired) electrons. The van der Waals surface area contributed by atoms with Gasteiger partial charge in [0.15, 0.2) is 0 Å². The maximum absolute atomic E-state index is 4.46. The van der Waals surface area contributed by atoms with Crippen LogP contribution in [0.4, 0.5) is 0 Å². The summed E-state index contributed by atoms with van der Waals surface area (Å²) in [6.45, 7) is 17.6. The van der Waals surface area contributed by atoms with Crippen molar-refractivity contribution in [2.75, 3.05) is 0 Å². The van der Waals surface area contributed by atoms with E-state index in [1.54, 1.807) is 0 Å². The van der Waals surface area contributed by atoms with Gasteiger partial charge in [-0.15, -0.1) is 0 Å². The Morgan fingerprint density at radius 3 is 2.00 bits per heavy atom. The van der Waals surface area contributed by atoms with Crippen molar-refractivity contribution in [1.82, 2.24) is 0 Å². The van der Waals surface area contributed by atoms with Crippen LogP contribution in [-0.2, 0) is 32.7 Å². The van der Waals surface area contributed by atoms with E-state index < -0.39 is 0 Å². The molecule has 0 aromatic rings. The molecule has 0 aliphatic carbocycles. The van der Waals surface area contributed by atoms with Crippen molar-refractivity contribution in [3.05, 3.63) is 13.8 Å². The second-order valence-electron chi connectivity index (χ2n) is 5.45. The zero-order valence-electron chi connectivity index (χ0n) is 11.2. The molecule has 0 saturated carbocycles. The molecule has 0 nitrogen and oxygen atoms in total. The van der Waals surface area contributed by atoms with Crippen molar-refractivity contribution in [2.45, 2.75) is 59.8 Å². The molecular formula is C14H28Y-2. The van der Waals surface area contributed by atoms with E-state index in [-0.39, 0.29) is 32.7 Å². The SMILES string of the molecule is [CH2-]CC(C)CC([CH2-])(CCC)CC(C)C.[Y]. The fraction of sp³-hybridized carbons (Fsp3) is 0.857. The monoisotopic (exact) mass is 285 g/mol. The molecule has 15 heavy (non-hydrogen) atoms. The molecule has 0 amide bonds. The van der Waals surface area contributed by atoms with Crippen molar-refractivity contribution in [3.63, 3.8) is 0 Å². The third-order valence-corrected chi connectivity index (χ3v) is 2.90. The molecule has 0 aromatic carbocycles. The normalized spacial score (nSPS) is 17.0. The molecule has 0 aliphatic rings. The van der Waals surface area contributed by atoms with E-state index >= 15 is 0 Å². The number of hydrogen-bond donors (Lipinski definition) is 0. The molecule has 0 bridgehead atoms. The van der Waals surface area contributed by atoms with Crippen molar-refractivity contribution < 1.29 is 32.7 Å². The van der Waals surface area contributed by atoms with E-state index in [1.807, 2.05) is 0 Å². The van der Waals surface area contributed by atoms with Gasteiger partial charge in [-0.05, 0) is 5.92 Å². The summed E-state index contributed by atoms with van der Waals surface area (Å²) >= 11 is 0. The Morgan fingerprint density at radius 2 is 1.67 bits per heavy atom. The molecule has 0 aromatic heterocycles. The summed E-state index contributed by atoms with van der Waals surface area (Å²) in [5.41, 5.74) is 0.306. The zero-order chi connectivity index (χ0) is 11.2. The first-order valence-electron chi connectivity index (χ1n) is 6.08. The van der Waals surface area contributed by atoms with Gasteiger partial charge in [0.05, 0.1) is 0 Å². The van der Waals surface area contributed by atoms with E-state index in [0.29, 0.717) is 5.41 Å². The molecule has 0 N–H and O–H groups in total. The minimum atomic E-state index is 0. The molecule has 0 spiro atoms. The molecule has 1 heteroatoms. The van der Waals surface area contributed by atoms with Gasteiger partial charge in [0.2, 0.25) is 0 Å². The molecule has 2 unspecified atom stereocenters. The second-order valence-corrected chi connectivity index (χ2v) is 5.45. The van der Waals surface area contributed by atoms with Crippen molar-refractivity contribution in [1.29, 1.82) is 0 Å². The van der Waals surface area contributed by atoms with E-state index in [2.05, 4.69) is 41.5 Å². The van der Waals surface area contributed by atoms with Crippen LogP contribution < -0.4 is 0 Å². The third-order valence-electron chi connectivity index (χ3n) is 2.90. The van der Waals surface area contributed by atoms with Crippen LogP contribution in [0, 0.1) is 31.1 Å². The molecule has 0 aliphatic heterocycles. The minimum Gasteiger partial charge on any atom is -0.343 e. The average molecular weight is 285 g/mol. The minimum absolute atomic E-state index is 0. The topological polar surface area (TPSA) is 0 Å². The Bertz CT molecular complexity index is 142. The van der Waals surface area contributed by atoms with Crippen LogP contribution >= 0.6 is 0 Å². The number of hydrogen-bond acceptors (Lipinski definition) is 0. The van der Waals surface area contributed by atoms with Gasteiger partial charge in [0.1, 0.15) is 0 Å². The van der Waals surface area contributed by atoms with E-state index in [4.69, 9.17) is 0 Å². The first kappa shape index (κ1) is 18.5. The van der Waals surface area contributed by atoms with Crippen LogP contribution in [0.2, 0.25) is 0 Å². The van der Waals surface area contributed by atoms with Gasteiger partial charge in [-0.1, -0.05) is 59.3 Å². The van der Waals surface area contributed by atoms with Gasteiger partial charge < -0.3 is 13.8 Å². The standard InChI is InChI=1S/C14H28.Y/c1-7-9-14(6,10-12(3)4)11-13(5)8-2;/h12-13H,2,6-11H2,1,3-5H3;/q-2;. The summed E-state index contributed by atoms with van der Waals surface area (Å²) in [4.78, 5) is 0. The quantitative estimate of drug-likeness (QED) is 0.583. The second kappa shape index (κ2) is 9.17. The molecule has 0 fully saturated rings. The molecular weight excluding hydrogens is 257 g/mol. The fourth-order valence-electron chi connectivity index (χ4n) is 2.53. The Morgan fingerprint density at radius 1 is 1.13 bits per heavy atom. The maximum Gasteiger partial charge on any atom is 0 e. The summed E-state index contributed by atoms with van der Waals surface area (Å²) < 4.78 is 0. The van der Waals surface area contributed by atoms with Crippen LogP contribution in [0.25, 0.3) is 0 Å². The van der Waals surface area contributed by atoms with Gasteiger partial charge >= 0.3 is 0 Å². The molecule has 0 saturated heterocycles. The van der Waals surface area contributed by atoms with Crippen molar-refractivity contribution in [2.24, 2.45) is 17.3 Å². The Hall–Kier alpha value is 1.10. The summed E-state index contributed by atoms with van der Waals surface area (Å²) in [6.07, 6.45) is 6.04. The first-order valence-corrected chi connectivity index (χ1v) is 6.08. The summed E-state index contributed by atoms with van der Waals surface area (Å²) in [7, 11) is 0. The van der Waals surface area contributed by atoms with Crippen LogP contribution in [0.1, 0.15) is 59.8 Å². The van der Waals surface area contributed by atoms with E-state index in [0.717, 1.165) is 18.3 Å². The van der Waals surface area contributed by atoms with Gasteiger partial charge in [-0.2, -0.15) is 11.8 Å².